The molecule has 0 radical (unpaired) electrons. The number of piperidine rings is 1. The molecule has 11 nitrogen and oxygen atoms in total. The predicted octanol–water partition coefficient (Wildman–Crippen LogP) is 3.12. The van der Waals surface area contributed by atoms with Gasteiger partial charge in [0.25, 0.3) is 0 Å². The summed E-state index contributed by atoms with van der Waals surface area (Å²) in [7, 11) is 0. The predicted molar refractivity (Wildman–Crippen MR) is 141 cm³/mol. The minimum atomic E-state index is 0.0816. The van der Waals surface area contributed by atoms with Crippen molar-refractivity contribution in [1.82, 2.24) is 35.1 Å². The number of aromatic nitrogens is 7. The minimum Gasteiger partial charge on any atom is -0.376 e. The lowest BCUT2D eigenvalue weighted by Crippen LogP contribution is -2.50. The summed E-state index contributed by atoms with van der Waals surface area (Å²) in [5.74, 6) is 2.77. The number of ether oxygens (including phenoxy) is 1. The fraction of sp³-hybridized carbons (Fsp3) is 0.500. The second kappa shape index (κ2) is 8.49. The molecule has 4 aromatic rings. The van der Waals surface area contributed by atoms with Crippen molar-refractivity contribution >= 4 is 28.5 Å². The maximum atomic E-state index is 6.50. The fourth-order valence-corrected chi connectivity index (χ4v) is 6.17. The van der Waals surface area contributed by atoms with Gasteiger partial charge in [-0.2, -0.15) is 5.10 Å². The molecule has 192 valence electrons. The molecule has 4 aromatic heterocycles. The van der Waals surface area contributed by atoms with E-state index < -0.39 is 0 Å². The molecule has 7 heterocycles. The summed E-state index contributed by atoms with van der Waals surface area (Å²) in [5, 5.41) is 7.79. The largest absolute Gasteiger partial charge is 0.376 e. The summed E-state index contributed by atoms with van der Waals surface area (Å²) in [5.41, 5.74) is 11.0. The number of fused-ring (bicyclic) bond motifs is 2. The molecule has 3 aliphatic heterocycles. The first-order valence-corrected chi connectivity index (χ1v) is 13.1. The van der Waals surface area contributed by atoms with Crippen LogP contribution in [-0.2, 0) is 4.74 Å². The third-order valence-electron chi connectivity index (χ3n) is 8.61. The van der Waals surface area contributed by atoms with E-state index in [1.54, 1.807) is 6.20 Å². The highest BCUT2D eigenvalue weighted by Gasteiger charge is 2.47. The molecule has 0 aromatic carbocycles. The van der Waals surface area contributed by atoms with E-state index in [0.717, 1.165) is 85.6 Å². The van der Waals surface area contributed by atoms with Crippen molar-refractivity contribution < 1.29 is 4.74 Å². The molecule has 11 heteroatoms. The molecule has 37 heavy (non-hydrogen) atoms. The average Bonchev–Trinajstić information content (AvgIpc) is 3.67. The number of rotatable bonds is 3. The van der Waals surface area contributed by atoms with Crippen LogP contribution in [0.15, 0.2) is 30.7 Å². The number of nitrogens with two attached hydrogens (primary N) is 1. The van der Waals surface area contributed by atoms with Gasteiger partial charge in [-0.1, -0.05) is 6.92 Å². The summed E-state index contributed by atoms with van der Waals surface area (Å²) in [6.45, 7) is 7.69. The van der Waals surface area contributed by atoms with E-state index in [2.05, 4.69) is 49.9 Å². The Bertz CT molecular complexity index is 1420. The van der Waals surface area contributed by atoms with Crippen molar-refractivity contribution in [2.24, 2.45) is 11.1 Å². The maximum absolute atomic E-state index is 6.50. The van der Waals surface area contributed by atoms with Crippen molar-refractivity contribution in [1.29, 1.82) is 0 Å². The second-order valence-electron chi connectivity index (χ2n) is 10.7. The number of hydrogen-bond donors (Lipinski definition) is 3. The first kappa shape index (κ1) is 22.6. The molecular weight excluding hydrogens is 468 g/mol. The quantitative estimate of drug-likeness (QED) is 0.387. The van der Waals surface area contributed by atoms with Crippen LogP contribution in [0, 0.1) is 5.41 Å². The van der Waals surface area contributed by atoms with Crippen LogP contribution in [0.3, 0.4) is 0 Å². The number of H-pyrrole nitrogens is 2. The second-order valence-corrected chi connectivity index (χ2v) is 10.7. The first-order valence-electron chi connectivity index (χ1n) is 13.1. The van der Waals surface area contributed by atoms with Gasteiger partial charge in [-0.05, 0) is 38.3 Å². The van der Waals surface area contributed by atoms with Crippen LogP contribution >= 0.6 is 0 Å². The molecule has 0 bridgehead atoms. The lowest BCUT2D eigenvalue weighted by molar-refractivity contribution is 0.0974. The zero-order valence-electron chi connectivity index (χ0n) is 21.2. The maximum Gasteiger partial charge on any atom is 0.183 e. The summed E-state index contributed by atoms with van der Waals surface area (Å²) >= 11 is 0. The molecule has 1 spiro atoms. The van der Waals surface area contributed by atoms with E-state index >= 15 is 0 Å². The van der Waals surface area contributed by atoms with Crippen LogP contribution in [0.25, 0.3) is 22.7 Å². The van der Waals surface area contributed by atoms with Gasteiger partial charge >= 0.3 is 0 Å². The van der Waals surface area contributed by atoms with Crippen molar-refractivity contribution in [3.63, 3.8) is 0 Å². The number of aromatic amines is 2. The number of anilines is 3. The van der Waals surface area contributed by atoms with Crippen LogP contribution < -0.4 is 15.5 Å². The highest BCUT2D eigenvalue weighted by atomic mass is 16.5. The van der Waals surface area contributed by atoms with E-state index in [4.69, 9.17) is 25.4 Å². The molecule has 2 fully saturated rings. The van der Waals surface area contributed by atoms with E-state index in [0.29, 0.717) is 11.6 Å². The number of pyridine rings is 1. The van der Waals surface area contributed by atoms with Gasteiger partial charge in [0.1, 0.15) is 11.5 Å². The summed E-state index contributed by atoms with van der Waals surface area (Å²) < 4.78 is 5.88. The molecule has 2 saturated heterocycles. The summed E-state index contributed by atoms with van der Waals surface area (Å²) in [6, 6.07) is 4.21. The highest BCUT2D eigenvalue weighted by Crippen LogP contribution is 2.43. The van der Waals surface area contributed by atoms with Gasteiger partial charge in [0.15, 0.2) is 22.8 Å². The van der Waals surface area contributed by atoms with E-state index in [1.165, 1.54) is 0 Å². The van der Waals surface area contributed by atoms with E-state index in [1.807, 2.05) is 18.5 Å². The van der Waals surface area contributed by atoms with Crippen LogP contribution in [0.4, 0.5) is 17.3 Å². The van der Waals surface area contributed by atoms with Gasteiger partial charge in [0, 0.05) is 49.4 Å². The standard InChI is InChI=1S/C26H32N10O/c1-15-5-10-36(18-4-3-17(31-20(15)18)23-28-8-9-29-23)25-21-24(33-34-25)32-19(13-30-21)35-11-6-26(7-12-35)14-37-16(2)22(26)27/h3-4,8-9,13,15-16,22H,5-7,10-12,14,27H2,1-2H3,(H,28,29)(H,32,33,34)/t15-,16-,22+/m0/s1. The monoisotopic (exact) mass is 500 g/mol. The van der Waals surface area contributed by atoms with Gasteiger partial charge in [0.2, 0.25) is 0 Å². The van der Waals surface area contributed by atoms with Crippen molar-refractivity contribution in [3.05, 3.63) is 36.4 Å². The Morgan fingerprint density at radius 3 is 2.73 bits per heavy atom. The Balaban J connectivity index is 1.15. The number of nitrogens with one attached hydrogen (secondary N) is 2. The van der Waals surface area contributed by atoms with Gasteiger partial charge in [0.05, 0.1) is 30.3 Å². The summed E-state index contributed by atoms with van der Waals surface area (Å²) in [4.78, 5) is 26.7. The van der Waals surface area contributed by atoms with Crippen LogP contribution in [0.2, 0.25) is 0 Å². The molecule has 0 saturated carbocycles. The Morgan fingerprint density at radius 2 is 1.97 bits per heavy atom. The van der Waals surface area contributed by atoms with E-state index in [-0.39, 0.29) is 17.6 Å². The summed E-state index contributed by atoms with van der Waals surface area (Å²) in [6.07, 6.45) is 8.54. The number of nitrogens with zero attached hydrogens (tertiary/aromatic N) is 7. The molecule has 3 atom stereocenters. The third-order valence-corrected chi connectivity index (χ3v) is 8.61. The SMILES string of the molecule is C[C@@H]1OCC2(CCN(c3cnc4c(N5CC[C@H](C)c6nc(-c7ncc[nH]7)ccc65)n[nH]c4n3)CC2)[C@@H]1N. The zero-order chi connectivity index (χ0) is 25.1. The molecular formula is C26H32N10O. The van der Waals surface area contributed by atoms with Crippen molar-refractivity contribution in [2.75, 3.05) is 36.0 Å². The minimum absolute atomic E-state index is 0.0816. The zero-order valence-corrected chi connectivity index (χ0v) is 21.2. The topological polar surface area (TPSA) is 138 Å². The first-order chi connectivity index (χ1) is 18.0. The molecule has 7 rings (SSSR count). The number of hydrogen-bond acceptors (Lipinski definition) is 9. The van der Waals surface area contributed by atoms with Crippen LogP contribution in [-0.4, -0.2) is 73.5 Å². The molecule has 0 aliphatic carbocycles. The average molecular weight is 501 g/mol. The van der Waals surface area contributed by atoms with Crippen LogP contribution in [0.1, 0.15) is 44.7 Å². The molecule has 0 amide bonds. The lowest BCUT2D eigenvalue weighted by atomic mass is 9.73. The van der Waals surface area contributed by atoms with Crippen molar-refractivity contribution in [2.45, 2.75) is 51.2 Å². The van der Waals surface area contributed by atoms with Crippen LogP contribution in [0.5, 0.6) is 0 Å². The molecule has 0 unspecified atom stereocenters. The molecule has 3 aliphatic rings. The number of imidazole rings is 1. The van der Waals surface area contributed by atoms with Gasteiger partial charge < -0.3 is 25.3 Å². The Morgan fingerprint density at radius 1 is 1.11 bits per heavy atom. The van der Waals surface area contributed by atoms with Crippen molar-refractivity contribution in [3.8, 4) is 11.5 Å². The Hall–Kier alpha value is -3.57. The van der Waals surface area contributed by atoms with E-state index in [9.17, 15) is 0 Å². The smallest absolute Gasteiger partial charge is 0.183 e. The van der Waals surface area contributed by atoms with Gasteiger partial charge in [-0.3, -0.25) is 5.10 Å². The highest BCUT2D eigenvalue weighted by molar-refractivity contribution is 5.88. The lowest BCUT2D eigenvalue weighted by Gasteiger charge is -2.41. The fourth-order valence-electron chi connectivity index (χ4n) is 6.17. The Kier molecular flexibility index (Phi) is 5.19. The molecule has 4 N–H and O–H groups in total. The Labute approximate surface area is 214 Å². The van der Waals surface area contributed by atoms with Gasteiger partial charge in [-0.15, -0.1) is 0 Å². The van der Waals surface area contributed by atoms with Gasteiger partial charge in [-0.25, -0.2) is 19.9 Å². The third kappa shape index (κ3) is 3.59. The normalized spacial score (nSPS) is 25.2.